The van der Waals surface area contributed by atoms with Gasteiger partial charge in [-0.1, -0.05) is 15.9 Å². The average Bonchev–Trinajstić information content (AvgIpc) is 2.53. The fourth-order valence-corrected chi connectivity index (χ4v) is 2.63. The third-order valence-corrected chi connectivity index (χ3v) is 4.19. The van der Waals surface area contributed by atoms with E-state index in [1.807, 2.05) is 6.92 Å². The zero-order valence-electron chi connectivity index (χ0n) is 10.3. The van der Waals surface area contributed by atoms with Crippen LogP contribution in [0.2, 0.25) is 0 Å². The number of hydrogen-bond donors (Lipinski definition) is 1. The molecule has 0 amide bonds. The van der Waals surface area contributed by atoms with Crippen LogP contribution in [0.25, 0.3) is 0 Å². The molecule has 3 nitrogen and oxygen atoms in total. The normalized spacial score (nSPS) is 10.8. The third kappa shape index (κ3) is 2.97. The lowest BCUT2D eigenvalue weighted by Gasteiger charge is -2.10. The van der Waals surface area contributed by atoms with Crippen LogP contribution < -0.4 is 5.32 Å². The summed E-state index contributed by atoms with van der Waals surface area (Å²) in [6.45, 7) is 2.13. The summed E-state index contributed by atoms with van der Waals surface area (Å²) in [5.41, 5.74) is 1.50. The second-order valence-corrected chi connectivity index (χ2v) is 5.78. The first-order valence-corrected chi connectivity index (χ1v) is 7.05. The van der Waals surface area contributed by atoms with E-state index in [1.54, 1.807) is 11.7 Å². The lowest BCUT2D eigenvalue weighted by atomic mass is 10.2. The third-order valence-electron chi connectivity index (χ3n) is 2.70. The van der Waals surface area contributed by atoms with Crippen LogP contribution in [-0.2, 0) is 13.6 Å². The van der Waals surface area contributed by atoms with Gasteiger partial charge in [-0.2, -0.15) is 5.10 Å². The fourth-order valence-electron chi connectivity index (χ4n) is 1.76. The monoisotopic (exact) mass is 393 g/mol. The molecule has 0 fully saturated rings. The lowest BCUT2D eigenvalue weighted by Crippen LogP contribution is -2.08. The van der Waals surface area contributed by atoms with Crippen molar-refractivity contribution in [2.75, 3.05) is 5.32 Å². The van der Waals surface area contributed by atoms with Crippen LogP contribution in [0.5, 0.6) is 0 Å². The van der Waals surface area contributed by atoms with Crippen LogP contribution >= 0.6 is 31.9 Å². The van der Waals surface area contributed by atoms with Gasteiger partial charge in [-0.25, -0.2) is 8.78 Å². The molecule has 0 aliphatic rings. The first kappa shape index (κ1) is 14.5. The number of nitrogens with zero attached hydrogens (tertiary/aromatic N) is 2. The van der Waals surface area contributed by atoms with Crippen LogP contribution in [-0.4, -0.2) is 9.78 Å². The molecular weight excluding hydrogens is 384 g/mol. The minimum absolute atomic E-state index is 0.144. The fraction of sp³-hybridized carbons (Fsp3) is 0.250. The topological polar surface area (TPSA) is 29.9 Å². The quantitative estimate of drug-likeness (QED) is 0.847. The van der Waals surface area contributed by atoms with E-state index in [0.29, 0.717) is 4.47 Å². The number of hydrogen-bond acceptors (Lipinski definition) is 2. The van der Waals surface area contributed by atoms with Gasteiger partial charge in [-0.05, 0) is 35.0 Å². The average molecular weight is 395 g/mol. The molecule has 19 heavy (non-hydrogen) atoms. The summed E-state index contributed by atoms with van der Waals surface area (Å²) < 4.78 is 30.2. The Hall–Kier alpha value is -0.950. The number of aryl methyl sites for hydroxylation is 2. The zero-order valence-corrected chi connectivity index (χ0v) is 13.4. The van der Waals surface area contributed by atoms with E-state index in [9.17, 15) is 8.78 Å². The van der Waals surface area contributed by atoms with Crippen LogP contribution in [0, 0.1) is 18.6 Å². The highest BCUT2D eigenvalue weighted by Crippen LogP contribution is 2.26. The van der Waals surface area contributed by atoms with Crippen molar-refractivity contribution in [3.63, 3.8) is 0 Å². The van der Waals surface area contributed by atoms with Crippen molar-refractivity contribution >= 4 is 37.5 Å². The Morgan fingerprint density at radius 2 is 1.84 bits per heavy atom. The number of anilines is 1. The molecule has 1 heterocycles. The molecule has 0 radical (unpaired) electrons. The van der Waals surface area contributed by atoms with E-state index in [4.69, 9.17) is 0 Å². The lowest BCUT2D eigenvalue weighted by molar-refractivity contribution is 0.585. The summed E-state index contributed by atoms with van der Waals surface area (Å²) in [6.07, 6.45) is 0. The molecule has 0 atom stereocenters. The van der Waals surface area contributed by atoms with Crippen molar-refractivity contribution in [1.29, 1.82) is 0 Å². The Labute approximate surface area is 126 Å². The summed E-state index contributed by atoms with van der Waals surface area (Å²) >= 11 is 6.45. The van der Waals surface area contributed by atoms with Gasteiger partial charge in [0.1, 0.15) is 17.3 Å². The molecule has 2 aromatic rings. The van der Waals surface area contributed by atoms with Crippen molar-refractivity contribution in [1.82, 2.24) is 9.78 Å². The molecule has 1 aromatic carbocycles. The summed E-state index contributed by atoms with van der Waals surface area (Å²) in [4.78, 5) is 0. The smallest absolute Gasteiger partial charge is 0.150 e. The van der Waals surface area contributed by atoms with E-state index >= 15 is 0 Å². The van der Waals surface area contributed by atoms with E-state index in [2.05, 4.69) is 42.3 Å². The molecular formula is C12H11Br2F2N3. The first-order valence-electron chi connectivity index (χ1n) is 5.46. The predicted octanol–water partition coefficient (Wildman–Crippen LogP) is 4.14. The van der Waals surface area contributed by atoms with Crippen molar-refractivity contribution < 1.29 is 8.78 Å². The molecule has 0 aliphatic carbocycles. The molecule has 0 bridgehead atoms. The van der Waals surface area contributed by atoms with E-state index in [0.717, 1.165) is 15.9 Å². The van der Waals surface area contributed by atoms with Crippen molar-refractivity contribution in [2.45, 2.75) is 13.5 Å². The summed E-state index contributed by atoms with van der Waals surface area (Å²) in [5, 5.41) is 6.97. The van der Waals surface area contributed by atoms with Crippen molar-refractivity contribution in [2.24, 2.45) is 7.05 Å². The van der Waals surface area contributed by atoms with Gasteiger partial charge in [0.05, 0.1) is 22.4 Å². The van der Waals surface area contributed by atoms with Crippen LogP contribution in [0.4, 0.5) is 14.5 Å². The second-order valence-electron chi connectivity index (χ2n) is 4.07. The largest absolute Gasteiger partial charge is 0.375 e. The van der Waals surface area contributed by atoms with Gasteiger partial charge in [0.15, 0.2) is 0 Å². The van der Waals surface area contributed by atoms with E-state index in [-0.39, 0.29) is 12.2 Å². The molecule has 0 unspecified atom stereocenters. The van der Waals surface area contributed by atoms with Crippen LogP contribution in [0.3, 0.4) is 0 Å². The highest BCUT2D eigenvalue weighted by molar-refractivity contribution is 9.10. The van der Waals surface area contributed by atoms with Gasteiger partial charge in [-0.3, -0.25) is 4.68 Å². The van der Waals surface area contributed by atoms with Gasteiger partial charge in [-0.15, -0.1) is 0 Å². The standard InChI is InChI=1S/C12H11Br2F2N3/c1-6-11(14)10(19(2)18-6)5-17-12-8(15)3-7(13)4-9(12)16/h3-4,17H,5H2,1-2H3. The molecule has 0 saturated heterocycles. The summed E-state index contributed by atoms with van der Waals surface area (Å²) in [5.74, 6) is -1.27. The molecule has 0 spiro atoms. The van der Waals surface area contributed by atoms with Gasteiger partial charge < -0.3 is 5.32 Å². The Bertz CT molecular complexity index is 603. The van der Waals surface area contributed by atoms with Crippen LogP contribution in [0.1, 0.15) is 11.4 Å². The van der Waals surface area contributed by atoms with Crippen LogP contribution in [0.15, 0.2) is 21.1 Å². The minimum Gasteiger partial charge on any atom is -0.375 e. The molecule has 2 rings (SSSR count). The highest BCUT2D eigenvalue weighted by Gasteiger charge is 2.14. The number of halogens is 4. The van der Waals surface area contributed by atoms with Gasteiger partial charge >= 0.3 is 0 Å². The van der Waals surface area contributed by atoms with E-state index in [1.165, 1.54) is 12.1 Å². The molecule has 1 N–H and O–H groups in total. The maximum atomic E-state index is 13.7. The maximum Gasteiger partial charge on any atom is 0.150 e. The number of aromatic nitrogens is 2. The van der Waals surface area contributed by atoms with Crippen molar-refractivity contribution in [3.8, 4) is 0 Å². The first-order chi connectivity index (χ1) is 8.90. The Kier molecular flexibility index (Phi) is 4.25. The Morgan fingerprint density at radius 3 is 2.32 bits per heavy atom. The summed E-state index contributed by atoms with van der Waals surface area (Å²) in [7, 11) is 1.78. The number of benzene rings is 1. The highest BCUT2D eigenvalue weighted by atomic mass is 79.9. The SMILES string of the molecule is Cc1nn(C)c(CNc2c(F)cc(Br)cc2F)c1Br. The number of rotatable bonds is 3. The maximum absolute atomic E-state index is 13.7. The van der Waals surface area contributed by atoms with E-state index < -0.39 is 11.6 Å². The molecule has 0 saturated carbocycles. The molecule has 1 aromatic heterocycles. The predicted molar refractivity (Wildman–Crippen MR) is 77.0 cm³/mol. The molecule has 102 valence electrons. The van der Waals surface area contributed by atoms with Gasteiger partial charge in [0, 0.05) is 11.5 Å². The minimum atomic E-state index is -0.637. The second kappa shape index (κ2) is 5.58. The van der Waals surface area contributed by atoms with Gasteiger partial charge in [0.25, 0.3) is 0 Å². The zero-order chi connectivity index (χ0) is 14.2. The van der Waals surface area contributed by atoms with Gasteiger partial charge in [0.2, 0.25) is 0 Å². The summed E-state index contributed by atoms with van der Waals surface area (Å²) in [6, 6.07) is 2.43. The molecule has 0 aliphatic heterocycles. The molecule has 7 heteroatoms. The number of nitrogens with one attached hydrogen (secondary N) is 1. The Morgan fingerprint density at radius 1 is 1.26 bits per heavy atom. The Balaban J connectivity index is 2.24. The van der Waals surface area contributed by atoms with Crippen molar-refractivity contribution in [3.05, 3.63) is 44.1 Å².